The third-order valence-corrected chi connectivity index (χ3v) is 5.56. The molecule has 8 heteroatoms. The smallest absolute Gasteiger partial charge is 0.319 e. The van der Waals surface area contributed by atoms with Gasteiger partial charge in [-0.3, -0.25) is 9.69 Å². The van der Waals surface area contributed by atoms with Crippen LogP contribution in [0, 0.1) is 11.7 Å². The maximum Gasteiger partial charge on any atom is 0.319 e. The number of carbonyl (C=O) groups is 2. The fourth-order valence-corrected chi connectivity index (χ4v) is 3.73. The van der Waals surface area contributed by atoms with Gasteiger partial charge in [0.2, 0.25) is 5.91 Å². The molecular weight excluding hydrogens is 411 g/mol. The third-order valence-electron chi connectivity index (χ3n) is 5.56. The number of carbonyl (C=O) groups excluding carboxylic acids is 2. The first-order valence-electron chi connectivity index (χ1n) is 10.8. The molecule has 1 aliphatic rings. The summed E-state index contributed by atoms with van der Waals surface area (Å²) < 4.78 is 18.9. The van der Waals surface area contributed by atoms with Gasteiger partial charge in [-0.25, -0.2) is 9.18 Å². The van der Waals surface area contributed by atoms with E-state index in [9.17, 15) is 14.0 Å². The van der Waals surface area contributed by atoms with Gasteiger partial charge in [-0.2, -0.15) is 0 Å². The van der Waals surface area contributed by atoms with Gasteiger partial charge in [0, 0.05) is 38.4 Å². The molecule has 3 amide bonds. The molecule has 1 heterocycles. The summed E-state index contributed by atoms with van der Waals surface area (Å²) in [7, 11) is 1.44. The lowest BCUT2D eigenvalue weighted by Gasteiger charge is -2.37. The topological polar surface area (TPSA) is 73.9 Å². The fourth-order valence-electron chi connectivity index (χ4n) is 3.73. The molecule has 2 aromatic rings. The van der Waals surface area contributed by atoms with Crippen molar-refractivity contribution in [3.05, 3.63) is 59.9 Å². The third kappa shape index (κ3) is 6.20. The molecule has 2 aromatic carbocycles. The molecule has 0 bridgehead atoms. The zero-order valence-corrected chi connectivity index (χ0v) is 18.8. The van der Waals surface area contributed by atoms with Crippen LogP contribution in [0.15, 0.2) is 48.5 Å². The summed E-state index contributed by atoms with van der Waals surface area (Å²) in [5, 5.41) is 5.59. The molecule has 172 valence electrons. The Morgan fingerprint density at radius 1 is 1.06 bits per heavy atom. The Hall–Kier alpha value is -3.13. The number of methoxy groups -OCH3 is 1. The van der Waals surface area contributed by atoms with Crippen molar-refractivity contribution in [1.82, 2.24) is 15.1 Å². The summed E-state index contributed by atoms with van der Waals surface area (Å²) in [6.07, 6.45) is 0. The number of piperazine rings is 1. The number of nitrogens with zero attached hydrogens (tertiary/aromatic N) is 2. The Morgan fingerprint density at radius 2 is 1.75 bits per heavy atom. The Bertz CT molecular complexity index is 915. The van der Waals surface area contributed by atoms with E-state index >= 15 is 0 Å². The fraction of sp³-hybridized carbons (Fsp3) is 0.417. The Labute approximate surface area is 188 Å². The Kier molecular flexibility index (Phi) is 8.05. The first-order chi connectivity index (χ1) is 15.4. The van der Waals surface area contributed by atoms with Crippen molar-refractivity contribution in [1.29, 1.82) is 0 Å². The van der Waals surface area contributed by atoms with Gasteiger partial charge in [0.15, 0.2) is 11.6 Å². The first-order valence-corrected chi connectivity index (χ1v) is 10.8. The summed E-state index contributed by atoms with van der Waals surface area (Å²) >= 11 is 0. The van der Waals surface area contributed by atoms with Crippen LogP contribution >= 0.6 is 0 Å². The van der Waals surface area contributed by atoms with Gasteiger partial charge >= 0.3 is 6.03 Å². The average Bonchev–Trinajstić information content (AvgIpc) is 2.78. The van der Waals surface area contributed by atoms with Gasteiger partial charge in [0.1, 0.15) is 6.04 Å². The number of urea groups is 1. The number of para-hydroxylation sites is 1. The van der Waals surface area contributed by atoms with Crippen LogP contribution in [0.25, 0.3) is 0 Å². The van der Waals surface area contributed by atoms with Crippen LogP contribution < -0.4 is 15.4 Å². The minimum atomic E-state index is -0.610. The highest BCUT2D eigenvalue weighted by atomic mass is 19.1. The number of benzene rings is 2. The Balaban J connectivity index is 1.53. The van der Waals surface area contributed by atoms with Crippen molar-refractivity contribution in [3.8, 4) is 5.75 Å². The lowest BCUT2D eigenvalue weighted by atomic mass is 10.0. The highest BCUT2D eigenvalue weighted by Gasteiger charge is 2.30. The molecule has 32 heavy (non-hydrogen) atoms. The highest BCUT2D eigenvalue weighted by Crippen LogP contribution is 2.19. The number of ether oxygens (including phenoxy) is 1. The van der Waals surface area contributed by atoms with Crippen molar-refractivity contribution in [3.63, 3.8) is 0 Å². The molecule has 1 aliphatic heterocycles. The SMILES string of the molecule is COc1ccc(CN2CCN(C(=O)C(NC(=O)Nc3ccccc3)C(C)C)CC2)cc1F. The minimum Gasteiger partial charge on any atom is -0.494 e. The highest BCUT2D eigenvalue weighted by molar-refractivity contribution is 5.93. The van der Waals surface area contributed by atoms with Gasteiger partial charge in [0.25, 0.3) is 0 Å². The summed E-state index contributed by atoms with van der Waals surface area (Å²) in [6.45, 7) is 6.92. The molecule has 0 saturated carbocycles. The van der Waals surface area contributed by atoms with E-state index in [1.807, 2.05) is 38.1 Å². The largest absolute Gasteiger partial charge is 0.494 e. The lowest BCUT2D eigenvalue weighted by Crippen LogP contribution is -2.56. The maximum absolute atomic E-state index is 13.9. The number of hydrogen-bond acceptors (Lipinski definition) is 4. The number of hydrogen-bond donors (Lipinski definition) is 2. The van der Waals surface area contributed by atoms with Crippen LogP contribution in [0.2, 0.25) is 0 Å². The molecule has 0 aliphatic carbocycles. The molecule has 1 fully saturated rings. The molecule has 0 aromatic heterocycles. The van der Waals surface area contributed by atoms with Crippen LogP contribution in [-0.4, -0.2) is 61.1 Å². The van der Waals surface area contributed by atoms with Crippen molar-refractivity contribution >= 4 is 17.6 Å². The predicted octanol–water partition coefficient (Wildman–Crippen LogP) is 3.32. The first kappa shape index (κ1) is 23.5. The van der Waals surface area contributed by atoms with Gasteiger partial charge in [-0.15, -0.1) is 0 Å². The van der Waals surface area contributed by atoms with Crippen LogP contribution in [0.1, 0.15) is 19.4 Å². The van der Waals surface area contributed by atoms with Crippen LogP contribution in [0.3, 0.4) is 0 Å². The lowest BCUT2D eigenvalue weighted by molar-refractivity contribution is -0.136. The van der Waals surface area contributed by atoms with Gasteiger partial charge in [-0.1, -0.05) is 38.1 Å². The number of nitrogens with one attached hydrogen (secondary N) is 2. The average molecular weight is 443 g/mol. The molecule has 2 N–H and O–H groups in total. The molecule has 1 unspecified atom stereocenters. The molecule has 1 saturated heterocycles. The second-order valence-corrected chi connectivity index (χ2v) is 8.26. The summed E-state index contributed by atoms with van der Waals surface area (Å²) in [5.41, 5.74) is 1.53. The minimum absolute atomic E-state index is 0.0515. The standard InChI is InChI=1S/C24H31FN4O3/c1-17(2)22(27-24(31)26-19-7-5-4-6-8-19)23(30)29-13-11-28(12-14-29)16-18-9-10-21(32-3)20(25)15-18/h4-10,15,17,22H,11-14,16H2,1-3H3,(H2,26,27,31). The van der Waals surface area contributed by atoms with E-state index in [2.05, 4.69) is 15.5 Å². The maximum atomic E-state index is 13.9. The molecular formula is C24H31FN4O3. The van der Waals surface area contributed by atoms with E-state index in [0.29, 0.717) is 38.4 Å². The zero-order chi connectivity index (χ0) is 23.1. The summed E-state index contributed by atoms with van der Waals surface area (Å²) in [5.74, 6) is -0.284. The number of rotatable bonds is 7. The van der Waals surface area contributed by atoms with Crippen LogP contribution in [-0.2, 0) is 11.3 Å². The number of anilines is 1. The predicted molar refractivity (Wildman–Crippen MR) is 122 cm³/mol. The van der Waals surface area contributed by atoms with Gasteiger partial charge < -0.3 is 20.3 Å². The molecule has 0 spiro atoms. The van der Waals surface area contributed by atoms with E-state index in [-0.39, 0.29) is 23.4 Å². The van der Waals surface area contributed by atoms with E-state index in [0.717, 1.165) is 5.56 Å². The van der Waals surface area contributed by atoms with Crippen LogP contribution in [0.5, 0.6) is 5.75 Å². The van der Waals surface area contributed by atoms with Crippen molar-refractivity contribution < 1.29 is 18.7 Å². The van der Waals surface area contributed by atoms with Crippen molar-refractivity contribution in [2.45, 2.75) is 26.4 Å². The monoisotopic (exact) mass is 442 g/mol. The summed E-state index contributed by atoms with van der Waals surface area (Å²) in [6, 6.07) is 13.1. The molecule has 3 rings (SSSR count). The summed E-state index contributed by atoms with van der Waals surface area (Å²) in [4.78, 5) is 29.5. The van der Waals surface area contributed by atoms with E-state index in [1.54, 1.807) is 23.1 Å². The second kappa shape index (κ2) is 10.9. The number of halogens is 1. The molecule has 1 atom stereocenters. The van der Waals surface area contributed by atoms with Crippen LogP contribution in [0.4, 0.5) is 14.9 Å². The second-order valence-electron chi connectivity index (χ2n) is 8.26. The van der Waals surface area contributed by atoms with E-state index < -0.39 is 12.1 Å². The van der Waals surface area contributed by atoms with Gasteiger partial charge in [0.05, 0.1) is 7.11 Å². The zero-order valence-electron chi connectivity index (χ0n) is 18.8. The number of amides is 3. The normalized spacial score (nSPS) is 15.3. The molecule has 7 nitrogen and oxygen atoms in total. The van der Waals surface area contributed by atoms with Gasteiger partial charge in [-0.05, 0) is 35.7 Å². The van der Waals surface area contributed by atoms with Crippen molar-refractivity contribution in [2.24, 2.45) is 5.92 Å². The van der Waals surface area contributed by atoms with E-state index in [4.69, 9.17) is 4.74 Å². The van der Waals surface area contributed by atoms with Crippen molar-refractivity contribution in [2.75, 3.05) is 38.6 Å². The van der Waals surface area contributed by atoms with E-state index in [1.165, 1.54) is 13.2 Å². The molecule has 0 radical (unpaired) electrons. The quantitative estimate of drug-likeness (QED) is 0.690. The Morgan fingerprint density at radius 3 is 2.34 bits per heavy atom.